The highest BCUT2D eigenvalue weighted by Crippen LogP contribution is 2.38. The van der Waals surface area contributed by atoms with E-state index in [0.717, 1.165) is 36.3 Å². The minimum atomic E-state index is 0.0855. The summed E-state index contributed by atoms with van der Waals surface area (Å²) in [4.78, 5) is 5.10. The molecule has 5 rings (SSSR count). The van der Waals surface area contributed by atoms with Crippen LogP contribution in [0.25, 0.3) is 32.9 Å². The lowest BCUT2D eigenvalue weighted by molar-refractivity contribution is 0.242. The first-order chi connectivity index (χ1) is 14.1. The van der Waals surface area contributed by atoms with Gasteiger partial charge in [-0.2, -0.15) is 0 Å². The summed E-state index contributed by atoms with van der Waals surface area (Å²) in [6.45, 7) is 5.80. The fraction of sp³-hybridized carbons (Fsp3) is 0.240. The third-order valence-corrected chi connectivity index (χ3v) is 5.81. The number of nitrogens with zero attached hydrogens (tertiary/aromatic N) is 1. The molecule has 1 aromatic heterocycles. The zero-order valence-electron chi connectivity index (χ0n) is 16.6. The first kappa shape index (κ1) is 18.4. The average molecular weight is 403 g/mol. The Morgan fingerprint density at radius 1 is 1.03 bits per heavy atom. The molecule has 4 aromatic rings. The number of benzene rings is 3. The van der Waals surface area contributed by atoms with Gasteiger partial charge in [-0.25, -0.2) is 4.98 Å². The zero-order valence-corrected chi connectivity index (χ0v) is 17.4. The maximum absolute atomic E-state index is 6.53. The maximum atomic E-state index is 6.53. The van der Waals surface area contributed by atoms with E-state index in [4.69, 9.17) is 21.3 Å². The third-order valence-electron chi connectivity index (χ3n) is 5.51. The van der Waals surface area contributed by atoms with Crippen molar-refractivity contribution in [1.29, 1.82) is 0 Å². The SMILES string of the molecule is CC(C)Oc1ccc(-c2nc3ccc4ccccc4c3c3c2CNCC3)cc1Cl. The summed E-state index contributed by atoms with van der Waals surface area (Å²) in [5.41, 5.74) is 5.75. The van der Waals surface area contributed by atoms with Crippen LogP contribution in [0, 0.1) is 0 Å². The lowest BCUT2D eigenvalue weighted by Crippen LogP contribution is -2.25. The Morgan fingerprint density at radius 2 is 1.90 bits per heavy atom. The van der Waals surface area contributed by atoms with Crippen LogP contribution in [0.5, 0.6) is 5.75 Å². The Bertz CT molecular complexity index is 1230. The van der Waals surface area contributed by atoms with Gasteiger partial charge in [0.15, 0.2) is 0 Å². The molecule has 0 aliphatic carbocycles. The van der Waals surface area contributed by atoms with Crippen molar-refractivity contribution in [2.75, 3.05) is 6.54 Å². The van der Waals surface area contributed by atoms with Gasteiger partial charge in [0.2, 0.25) is 0 Å². The summed E-state index contributed by atoms with van der Waals surface area (Å²) in [7, 11) is 0. The number of ether oxygens (including phenoxy) is 1. The fourth-order valence-corrected chi connectivity index (χ4v) is 4.51. The zero-order chi connectivity index (χ0) is 20.0. The first-order valence-electron chi connectivity index (χ1n) is 10.1. The molecule has 0 atom stereocenters. The van der Waals surface area contributed by atoms with Crippen molar-refractivity contribution < 1.29 is 4.74 Å². The predicted octanol–water partition coefficient (Wildman–Crippen LogP) is 6.14. The standard InChI is InChI=1S/C25H23ClN2O/c1-15(2)29-23-10-8-17(13-21(23)26)25-20-14-27-12-11-19(20)24-18-6-4-3-5-16(18)7-9-22(24)28-25/h3-10,13,15,27H,11-12,14H2,1-2H3. The molecular weight excluding hydrogens is 380 g/mol. The Balaban J connectivity index is 1.75. The van der Waals surface area contributed by atoms with E-state index in [1.54, 1.807) is 0 Å². The number of fused-ring (bicyclic) bond motifs is 5. The third kappa shape index (κ3) is 3.25. The van der Waals surface area contributed by atoms with Crippen molar-refractivity contribution in [1.82, 2.24) is 10.3 Å². The van der Waals surface area contributed by atoms with Gasteiger partial charge in [0, 0.05) is 17.5 Å². The van der Waals surface area contributed by atoms with Crippen LogP contribution in [0.4, 0.5) is 0 Å². The summed E-state index contributed by atoms with van der Waals surface area (Å²) >= 11 is 6.53. The summed E-state index contributed by atoms with van der Waals surface area (Å²) in [6.07, 6.45) is 1.08. The second-order valence-corrected chi connectivity index (χ2v) is 8.24. The van der Waals surface area contributed by atoms with Crippen LogP contribution in [-0.4, -0.2) is 17.6 Å². The highest BCUT2D eigenvalue weighted by atomic mass is 35.5. The van der Waals surface area contributed by atoms with Gasteiger partial charge < -0.3 is 10.1 Å². The van der Waals surface area contributed by atoms with Crippen LogP contribution in [0.1, 0.15) is 25.0 Å². The van der Waals surface area contributed by atoms with Gasteiger partial charge in [0.05, 0.1) is 22.3 Å². The van der Waals surface area contributed by atoms with Crippen LogP contribution in [0.3, 0.4) is 0 Å². The maximum Gasteiger partial charge on any atom is 0.138 e. The molecule has 1 aliphatic heterocycles. The highest BCUT2D eigenvalue weighted by Gasteiger charge is 2.21. The molecule has 4 heteroatoms. The van der Waals surface area contributed by atoms with E-state index in [1.165, 1.54) is 27.3 Å². The molecule has 0 radical (unpaired) electrons. The van der Waals surface area contributed by atoms with Gasteiger partial charge in [-0.05, 0) is 73.0 Å². The largest absolute Gasteiger partial charge is 0.489 e. The minimum Gasteiger partial charge on any atom is -0.489 e. The van der Waals surface area contributed by atoms with Crippen LogP contribution >= 0.6 is 11.6 Å². The van der Waals surface area contributed by atoms with E-state index >= 15 is 0 Å². The topological polar surface area (TPSA) is 34.1 Å². The van der Waals surface area contributed by atoms with Crippen molar-refractivity contribution >= 4 is 33.3 Å². The monoisotopic (exact) mass is 402 g/mol. The van der Waals surface area contributed by atoms with Gasteiger partial charge >= 0.3 is 0 Å². The second kappa shape index (κ2) is 7.33. The molecule has 146 valence electrons. The lowest BCUT2D eigenvalue weighted by atomic mass is 9.90. The van der Waals surface area contributed by atoms with Gasteiger partial charge in [0.25, 0.3) is 0 Å². The molecule has 0 spiro atoms. The Kier molecular flexibility index (Phi) is 4.65. The molecular formula is C25H23ClN2O. The van der Waals surface area contributed by atoms with E-state index in [1.807, 2.05) is 26.0 Å². The van der Waals surface area contributed by atoms with E-state index in [9.17, 15) is 0 Å². The molecule has 29 heavy (non-hydrogen) atoms. The molecule has 3 nitrogen and oxygen atoms in total. The van der Waals surface area contributed by atoms with Crippen LogP contribution in [0.2, 0.25) is 5.02 Å². The van der Waals surface area contributed by atoms with Crippen LogP contribution in [-0.2, 0) is 13.0 Å². The molecule has 0 saturated heterocycles. The van der Waals surface area contributed by atoms with Crippen molar-refractivity contribution in [3.8, 4) is 17.0 Å². The fourth-order valence-electron chi connectivity index (χ4n) is 4.28. The quantitative estimate of drug-likeness (QED) is 0.418. The Labute approximate surface area is 175 Å². The summed E-state index contributed by atoms with van der Waals surface area (Å²) in [6, 6.07) is 18.9. The van der Waals surface area contributed by atoms with Crippen LogP contribution < -0.4 is 10.1 Å². The van der Waals surface area contributed by atoms with E-state index in [-0.39, 0.29) is 6.10 Å². The molecule has 2 heterocycles. The number of nitrogens with one attached hydrogen (secondary N) is 1. The molecule has 0 saturated carbocycles. The molecule has 3 aromatic carbocycles. The highest BCUT2D eigenvalue weighted by molar-refractivity contribution is 6.32. The number of rotatable bonds is 3. The number of hydrogen-bond acceptors (Lipinski definition) is 3. The first-order valence-corrected chi connectivity index (χ1v) is 10.5. The van der Waals surface area contributed by atoms with Crippen molar-refractivity contribution in [3.63, 3.8) is 0 Å². The minimum absolute atomic E-state index is 0.0855. The van der Waals surface area contributed by atoms with Gasteiger partial charge in [-0.3, -0.25) is 0 Å². The molecule has 1 aliphatic rings. The van der Waals surface area contributed by atoms with Crippen LogP contribution in [0.15, 0.2) is 54.6 Å². The smallest absolute Gasteiger partial charge is 0.138 e. The molecule has 0 bridgehead atoms. The number of hydrogen-bond donors (Lipinski definition) is 1. The number of aromatic nitrogens is 1. The number of pyridine rings is 1. The molecule has 0 unspecified atom stereocenters. The van der Waals surface area contributed by atoms with Crippen molar-refractivity contribution in [3.05, 3.63) is 70.7 Å². The summed E-state index contributed by atoms with van der Waals surface area (Å²) < 4.78 is 5.80. The summed E-state index contributed by atoms with van der Waals surface area (Å²) in [5.74, 6) is 0.712. The predicted molar refractivity (Wildman–Crippen MR) is 121 cm³/mol. The normalized spacial score (nSPS) is 13.8. The lowest BCUT2D eigenvalue weighted by Gasteiger charge is -2.23. The Hall–Kier alpha value is -2.62. The Morgan fingerprint density at radius 3 is 2.72 bits per heavy atom. The van der Waals surface area contributed by atoms with Crippen molar-refractivity contribution in [2.24, 2.45) is 0 Å². The number of halogens is 1. The van der Waals surface area contributed by atoms with E-state index < -0.39 is 0 Å². The van der Waals surface area contributed by atoms with Gasteiger partial charge in [-0.1, -0.05) is 41.9 Å². The summed E-state index contributed by atoms with van der Waals surface area (Å²) in [5, 5.41) is 7.96. The van der Waals surface area contributed by atoms with Gasteiger partial charge in [-0.15, -0.1) is 0 Å². The van der Waals surface area contributed by atoms with E-state index in [2.05, 4.69) is 47.8 Å². The van der Waals surface area contributed by atoms with E-state index in [0.29, 0.717) is 10.8 Å². The molecule has 0 amide bonds. The molecule has 0 fully saturated rings. The molecule has 1 N–H and O–H groups in total. The average Bonchev–Trinajstić information content (AvgIpc) is 2.74. The second-order valence-electron chi connectivity index (χ2n) is 7.84. The van der Waals surface area contributed by atoms with Crippen molar-refractivity contribution in [2.45, 2.75) is 32.9 Å². The van der Waals surface area contributed by atoms with Gasteiger partial charge in [0.1, 0.15) is 5.75 Å².